The highest BCUT2D eigenvalue weighted by Gasteiger charge is 2.13. The van der Waals surface area contributed by atoms with E-state index in [0.717, 1.165) is 12.8 Å². The van der Waals surface area contributed by atoms with Crippen LogP contribution in [0.25, 0.3) is 0 Å². The Kier molecular flexibility index (Phi) is 3.87. The normalized spacial score (nSPS) is 12.0. The van der Waals surface area contributed by atoms with Gasteiger partial charge in [0.2, 0.25) is 0 Å². The van der Waals surface area contributed by atoms with Crippen molar-refractivity contribution in [3.05, 3.63) is 0 Å². The molecule has 55 valence electrons. The number of hydrogen-bond donors (Lipinski definition) is 0. The average molecular weight is 129 g/mol. The first-order valence-corrected chi connectivity index (χ1v) is 3.70. The fraction of sp³-hybridized carbons (Fsp3) is 1.00. The van der Waals surface area contributed by atoms with E-state index < -0.39 is 0 Å². The largest absolute Gasteiger partial charge is 0.237 e. The van der Waals surface area contributed by atoms with Crippen LogP contribution in [0.5, 0.6) is 0 Å². The van der Waals surface area contributed by atoms with Gasteiger partial charge in [-0.05, 0) is 18.3 Å². The van der Waals surface area contributed by atoms with Crippen LogP contribution in [0, 0.1) is 5.41 Å². The van der Waals surface area contributed by atoms with Crippen LogP contribution in [-0.4, -0.2) is 6.61 Å². The van der Waals surface area contributed by atoms with Gasteiger partial charge in [0.1, 0.15) is 0 Å². The summed E-state index contributed by atoms with van der Waals surface area (Å²) in [5.41, 5.74) is 0.393. The zero-order valence-electron chi connectivity index (χ0n) is 6.74. The molecule has 0 fully saturated rings. The molecule has 0 aromatic heterocycles. The van der Waals surface area contributed by atoms with E-state index in [2.05, 4.69) is 20.8 Å². The van der Waals surface area contributed by atoms with Crippen LogP contribution >= 0.6 is 0 Å². The summed E-state index contributed by atoms with van der Waals surface area (Å²) in [6.45, 7) is 6.68. The molecule has 1 radical (unpaired) electrons. The maximum Gasteiger partial charge on any atom is 0.0822 e. The zero-order valence-corrected chi connectivity index (χ0v) is 6.74. The first kappa shape index (κ1) is 8.96. The predicted octanol–water partition coefficient (Wildman–Crippen LogP) is 2.63. The first-order chi connectivity index (χ1) is 4.12. The van der Waals surface area contributed by atoms with Gasteiger partial charge >= 0.3 is 0 Å². The Morgan fingerprint density at radius 2 is 1.89 bits per heavy atom. The zero-order chi connectivity index (χ0) is 7.33. The van der Waals surface area contributed by atoms with Crippen molar-refractivity contribution in [2.45, 2.75) is 40.0 Å². The molecule has 0 aliphatic carbocycles. The van der Waals surface area contributed by atoms with Crippen LogP contribution in [0.4, 0.5) is 0 Å². The SMILES string of the molecule is CCC(C)(C)CCC[O]. The van der Waals surface area contributed by atoms with Crippen molar-refractivity contribution < 1.29 is 5.11 Å². The lowest BCUT2D eigenvalue weighted by Crippen LogP contribution is -2.09. The second-order valence-electron chi connectivity index (χ2n) is 3.33. The van der Waals surface area contributed by atoms with Crippen molar-refractivity contribution in [1.29, 1.82) is 0 Å². The third kappa shape index (κ3) is 4.46. The van der Waals surface area contributed by atoms with Crippen LogP contribution in [0.3, 0.4) is 0 Å². The summed E-state index contributed by atoms with van der Waals surface area (Å²) in [7, 11) is 0. The fourth-order valence-electron chi connectivity index (χ4n) is 0.727. The Bertz CT molecular complexity index is 67.0. The molecule has 0 aliphatic heterocycles. The van der Waals surface area contributed by atoms with Crippen LogP contribution in [0.2, 0.25) is 0 Å². The number of rotatable bonds is 4. The standard InChI is InChI=1S/C8H17O/c1-4-8(2,3)6-5-7-9/h4-7H2,1-3H3. The van der Waals surface area contributed by atoms with Gasteiger partial charge in [0, 0.05) is 0 Å². The Morgan fingerprint density at radius 3 is 2.22 bits per heavy atom. The van der Waals surface area contributed by atoms with Crippen LogP contribution < -0.4 is 0 Å². The summed E-state index contributed by atoms with van der Waals surface area (Å²) >= 11 is 0. The van der Waals surface area contributed by atoms with E-state index in [4.69, 9.17) is 0 Å². The molecule has 1 heteroatoms. The monoisotopic (exact) mass is 129 g/mol. The molecule has 9 heavy (non-hydrogen) atoms. The van der Waals surface area contributed by atoms with Crippen LogP contribution in [-0.2, 0) is 5.11 Å². The quantitative estimate of drug-likeness (QED) is 0.556. The van der Waals surface area contributed by atoms with E-state index >= 15 is 0 Å². The maximum atomic E-state index is 10.1. The van der Waals surface area contributed by atoms with Crippen LogP contribution in [0.15, 0.2) is 0 Å². The smallest absolute Gasteiger partial charge is 0.0822 e. The van der Waals surface area contributed by atoms with E-state index in [9.17, 15) is 5.11 Å². The molecule has 0 amide bonds. The summed E-state index contributed by atoms with van der Waals surface area (Å²) in [6, 6.07) is 0. The molecule has 0 saturated carbocycles. The molecule has 1 nitrogen and oxygen atoms in total. The van der Waals surface area contributed by atoms with Crippen molar-refractivity contribution in [3.63, 3.8) is 0 Å². The molecule has 0 aliphatic rings. The van der Waals surface area contributed by atoms with Gasteiger partial charge in [0.05, 0.1) is 6.61 Å². The molecule has 0 bridgehead atoms. The fourth-order valence-corrected chi connectivity index (χ4v) is 0.727. The van der Waals surface area contributed by atoms with E-state index in [1.54, 1.807) is 0 Å². The maximum absolute atomic E-state index is 10.1. The predicted molar refractivity (Wildman–Crippen MR) is 38.9 cm³/mol. The minimum Gasteiger partial charge on any atom is -0.237 e. The van der Waals surface area contributed by atoms with Gasteiger partial charge in [-0.15, -0.1) is 0 Å². The lowest BCUT2D eigenvalue weighted by atomic mass is 9.85. The lowest BCUT2D eigenvalue weighted by Gasteiger charge is -2.21. The Labute approximate surface area is 58.1 Å². The molecule has 0 aromatic rings. The van der Waals surface area contributed by atoms with Crippen LogP contribution in [0.1, 0.15) is 40.0 Å². The average Bonchev–Trinajstić information content (AvgIpc) is 1.84. The molecule has 0 aromatic carbocycles. The van der Waals surface area contributed by atoms with Crippen molar-refractivity contribution in [2.75, 3.05) is 6.61 Å². The Hall–Kier alpha value is -0.0400. The van der Waals surface area contributed by atoms with Gasteiger partial charge < -0.3 is 0 Å². The van der Waals surface area contributed by atoms with Crippen molar-refractivity contribution in [1.82, 2.24) is 0 Å². The van der Waals surface area contributed by atoms with Gasteiger partial charge in [-0.3, -0.25) is 0 Å². The van der Waals surface area contributed by atoms with Crippen molar-refractivity contribution in [2.24, 2.45) is 5.41 Å². The second kappa shape index (κ2) is 3.89. The molecule has 0 spiro atoms. The molecular formula is C8H17O. The van der Waals surface area contributed by atoms with Crippen molar-refractivity contribution in [3.8, 4) is 0 Å². The Morgan fingerprint density at radius 1 is 1.33 bits per heavy atom. The molecule has 0 rings (SSSR count). The van der Waals surface area contributed by atoms with Gasteiger partial charge in [0.25, 0.3) is 0 Å². The van der Waals surface area contributed by atoms with E-state index in [1.807, 2.05) is 0 Å². The topological polar surface area (TPSA) is 19.9 Å². The minimum absolute atomic E-state index is 0.0867. The molecule has 0 unspecified atom stereocenters. The van der Waals surface area contributed by atoms with E-state index in [1.165, 1.54) is 6.42 Å². The third-order valence-corrected chi connectivity index (χ3v) is 1.95. The summed E-state index contributed by atoms with van der Waals surface area (Å²) in [5.74, 6) is 0. The summed E-state index contributed by atoms with van der Waals surface area (Å²) in [6.07, 6.45) is 3.08. The lowest BCUT2D eigenvalue weighted by molar-refractivity contribution is 0.167. The molecule has 0 atom stereocenters. The summed E-state index contributed by atoms with van der Waals surface area (Å²) < 4.78 is 0. The van der Waals surface area contributed by atoms with E-state index in [-0.39, 0.29) is 6.61 Å². The molecule has 0 heterocycles. The third-order valence-electron chi connectivity index (χ3n) is 1.95. The summed E-state index contributed by atoms with van der Waals surface area (Å²) in [5, 5.41) is 10.1. The van der Waals surface area contributed by atoms with Gasteiger partial charge in [0.15, 0.2) is 0 Å². The molecule has 0 saturated heterocycles. The summed E-state index contributed by atoms with van der Waals surface area (Å²) in [4.78, 5) is 0. The van der Waals surface area contributed by atoms with Gasteiger partial charge in [-0.1, -0.05) is 27.2 Å². The number of hydrogen-bond acceptors (Lipinski definition) is 0. The highest BCUT2D eigenvalue weighted by Crippen LogP contribution is 2.25. The highest BCUT2D eigenvalue weighted by molar-refractivity contribution is 4.65. The molecule has 0 N–H and O–H groups in total. The van der Waals surface area contributed by atoms with Gasteiger partial charge in [-0.2, -0.15) is 0 Å². The minimum atomic E-state index is 0.0867. The highest BCUT2D eigenvalue weighted by atomic mass is 16.2. The van der Waals surface area contributed by atoms with E-state index in [0.29, 0.717) is 5.41 Å². The first-order valence-electron chi connectivity index (χ1n) is 3.70. The second-order valence-corrected chi connectivity index (χ2v) is 3.33. The molecular weight excluding hydrogens is 112 g/mol. The van der Waals surface area contributed by atoms with Gasteiger partial charge in [-0.25, -0.2) is 5.11 Å². The van der Waals surface area contributed by atoms with Crippen molar-refractivity contribution >= 4 is 0 Å². The Balaban J connectivity index is 3.33.